The molecule has 0 saturated carbocycles. The first-order chi connectivity index (χ1) is 10.1. The normalized spacial score (nSPS) is 16.6. The van der Waals surface area contributed by atoms with Crippen LogP contribution in [0.3, 0.4) is 0 Å². The van der Waals surface area contributed by atoms with Crippen LogP contribution in [0.5, 0.6) is 5.75 Å². The number of aromatic amines is 2. The Labute approximate surface area is 118 Å². The number of hydrogen-bond donors (Lipinski definition) is 4. The highest BCUT2D eigenvalue weighted by molar-refractivity contribution is 5.92. The monoisotopic (exact) mass is 288 g/mol. The van der Waals surface area contributed by atoms with Crippen molar-refractivity contribution in [2.75, 3.05) is 12.4 Å². The van der Waals surface area contributed by atoms with Crippen LogP contribution in [0.2, 0.25) is 0 Å². The quantitative estimate of drug-likeness (QED) is 0.635. The summed E-state index contributed by atoms with van der Waals surface area (Å²) in [5, 5.41) is 5.07. The zero-order valence-electron chi connectivity index (χ0n) is 11.0. The molecule has 0 bridgehead atoms. The van der Waals surface area contributed by atoms with Crippen LogP contribution >= 0.6 is 0 Å². The molecule has 2 amide bonds. The van der Waals surface area contributed by atoms with Crippen LogP contribution in [0.15, 0.2) is 33.9 Å². The third-order valence-electron chi connectivity index (χ3n) is 3.23. The maximum Gasteiger partial charge on any atom is 0.327 e. The summed E-state index contributed by atoms with van der Waals surface area (Å²) in [4.78, 5) is 39.5. The molecule has 21 heavy (non-hydrogen) atoms. The van der Waals surface area contributed by atoms with Crippen LogP contribution in [0, 0.1) is 0 Å². The highest BCUT2D eigenvalue weighted by Crippen LogP contribution is 2.27. The van der Waals surface area contributed by atoms with E-state index in [0.717, 1.165) is 0 Å². The lowest BCUT2D eigenvalue weighted by atomic mass is 9.99. The third kappa shape index (κ3) is 2.27. The second-order valence-corrected chi connectivity index (χ2v) is 4.50. The molecule has 1 aliphatic rings. The number of fused-ring (bicyclic) bond motifs is 1. The molecule has 8 nitrogen and oxygen atoms in total. The van der Waals surface area contributed by atoms with Gasteiger partial charge in [-0.15, -0.1) is 0 Å². The zero-order valence-corrected chi connectivity index (χ0v) is 11.0. The number of carbonyl (C=O) groups is 1. The van der Waals surface area contributed by atoms with E-state index < -0.39 is 23.3 Å². The summed E-state index contributed by atoms with van der Waals surface area (Å²) in [5.41, 5.74) is -0.277. The van der Waals surface area contributed by atoms with Crippen molar-refractivity contribution in [3.8, 4) is 5.75 Å². The van der Waals surface area contributed by atoms with Gasteiger partial charge in [-0.3, -0.25) is 20.1 Å². The lowest BCUT2D eigenvalue weighted by Crippen LogP contribution is -2.44. The van der Waals surface area contributed by atoms with Crippen LogP contribution in [0.4, 0.5) is 10.6 Å². The van der Waals surface area contributed by atoms with Gasteiger partial charge in [0.25, 0.3) is 5.56 Å². The fourth-order valence-corrected chi connectivity index (χ4v) is 2.27. The Balaban J connectivity index is 2.14. The highest BCUT2D eigenvalue weighted by atomic mass is 16.5. The number of methoxy groups -OCH3 is 1. The largest absolute Gasteiger partial charge is 0.497 e. The molecule has 3 rings (SSSR count). The Morgan fingerprint density at radius 1 is 1.05 bits per heavy atom. The van der Waals surface area contributed by atoms with E-state index in [1.807, 2.05) is 0 Å². The van der Waals surface area contributed by atoms with E-state index in [9.17, 15) is 14.4 Å². The minimum absolute atomic E-state index is 0.105. The number of rotatable bonds is 2. The van der Waals surface area contributed by atoms with Crippen molar-refractivity contribution in [1.82, 2.24) is 15.3 Å². The molecule has 2 aromatic rings. The van der Waals surface area contributed by atoms with E-state index in [0.29, 0.717) is 11.3 Å². The number of ether oxygens (including phenoxy) is 1. The van der Waals surface area contributed by atoms with Crippen molar-refractivity contribution in [3.63, 3.8) is 0 Å². The highest BCUT2D eigenvalue weighted by Gasteiger charge is 2.29. The van der Waals surface area contributed by atoms with Crippen molar-refractivity contribution in [1.29, 1.82) is 0 Å². The maximum atomic E-state index is 12.0. The fourth-order valence-electron chi connectivity index (χ4n) is 2.27. The summed E-state index contributed by atoms with van der Waals surface area (Å²) in [6.07, 6.45) is 0. The Hall–Kier alpha value is -3.03. The molecule has 0 saturated heterocycles. The Kier molecular flexibility index (Phi) is 2.98. The minimum Gasteiger partial charge on any atom is -0.497 e. The standard InChI is InChI=1S/C13H12N4O4/c1-21-7-4-2-6(3-5-7)9-8-10(15-12(19)14-9)16-13(20)17-11(8)18/h2-5,9H,1H3,(H4,14,15,16,17,18,19,20). The van der Waals surface area contributed by atoms with E-state index in [1.165, 1.54) is 0 Å². The number of H-pyrrole nitrogens is 2. The first kappa shape index (κ1) is 13.0. The van der Waals surface area contributed by atoms with Crippen molar-refractivity contribution in [2.24, 2.45) is 0 Å². The Morgan fingerprint density at radius 2 is 1.76 bits per heavy atom. The van der Waals surface area contributed by atoms with E-state index in [1.54, 1.807) is 31.4 Å². The predicted molar refractivity (Wildman–Crippen MR) is 74.7 cm³/mol. The minimum atomic E-state index is -0.672. The summed E-state index contributed by atoms with van der Waals surface area (Å²) in [6, 6.07) is 5.78. The Morgan fingerprint density at radius 3 is 2.43 bits per heavy atom. The summed E-state index contributed by atoms with van der Waals surface area (Å²) in [6.45, 7) is 0. The topological polar surface area (TPSA) is 116 Å². The number of urea groups is 1. The van der Waals surface area contributed by atoms with E-state index in [2.05, 4.69) is 20.6 Å². The van der Waals surface area contributed by atoms with Gasteiger partial charge in [-0.05, 0) is 17.7 Å². The van der Waals surface area contributed by atoms with Gasteiger partial charge in [-0.1, -0.05) is 12.1 Å². The molecule has 0 spiro atoms. The fraction of sp³-hybridized carbons (Fsp3) is 0.154. The second kappa shape index (κ2) is 4.82. The molecule has 1 aliphatic heterocycles. The first-order valence-electron chi connectivity index (χ1n) is 6.16. The summed E-state index contributed by atoms with van der Waals surface area (Å²) >= 11 is 0. The molecular weight excluding hydrogens is 276 g/mol. The van der Waals surface area contributed by atoms with Gasteiger partial charge in [0.2, 0.25) is 0 Å². The zero-order chi connectivity index (χ0) is 15.0. The molecule has 2 heterocycles. The lowest BCUT2D eigenvalue weighted by molar-refractivity contribution is 0.248. The molecular formula is C13H12N4O4. The number of hydrogen-bond acceptors (Lipinski definition) is 4. The van der Waals surface area contributed by atoms with Crippen molar-refractivity contribution < 1.29 is 9.53 Å². The van der Waals surface area contributed by atoms with E-state index in [4.69, 9.17) is 4.74 Å². The molecule has 1 aromatic heterocycles. The number of amides is 2. The SMILES string of the molecule is COc1ccc(C2NC(=O)Nc3[nH]c(=O)[nH]c(=O)c32)cc1. The van der Waals surface area contributed by atoms with Crippen LogP contribution in [0.25, 0.3) is 0 Å². The average molecular weight is 288 g/mol. The molecule has 1 unspecified atom stereocenters. The van der Waals surface area contributed by atoms with Gasteiger partial charge >= 0.3 is 11.7 Å². The van der Waals surface area contributed by atoms with Crippen molar-refractivity contribution >= 4 is 11.8 Å². The number of nitrogens with one attached hydrogen (secondary N) is 4. The molecule has 1 atom stereocenters. The molecule has 0 radical (unpaired) electrons. The number of benzene rings is 1. The molecule has 1 aromatic carbocycles. The number of anilines is 1. The third-order valence-corrected chi connectivity index (χ3v) is 3.23. The molecule has 108 valence electrons. The summed E-state index contributed by atoms with van der Waals surface area (Å²) in [5.74, 6) is 0.767. The van der Waals surface area contributed by atoms with Gasteiger partial charge in [0, 0.05) is 0 Å². The number of aromatic nitrogens is 2. The van der Waals surface area contributed by atoms with Crippen molar-refractivity contribution in [3.05, 3.63) is 56.2 Å². The first-order valence-corrected chi connectivity index (χ1v) is 6.16. The van der Waals surface area contributed by atoms with Crippen LogP contribution in [0.1, 0.15) is 17.2 Å². The average Bonchev–Trinajstić information content (AvgIpc) is 2.45. The maximum absolute atomic E-state index is 12.0. The number of carbonyl (C=O) groups excluding carboxylic acids is 1. The van der Waals surface area contributed by atoms with Gasteiger partial charge in [0.1, 0.15) is 11.6 Å². The predicted octanol–water partition coefficient (Wildman–Crippen LogP) is 0.296. The van der Waals surface area contributed by atoms with Crippen LogP contribution < -0.4 is 26.6 Å². The van der Waals surface area contributed by atoms with E-state index >= 15 is 0 Å². The second-order valence-electron chi connectivity index (χ2n) is 4.50. The van der Waals surface area contributed by atoms with Crippen LogP contribution in [-0.2, 0) is 0 Å². The molecule has 0 aliphatic carbocycles. The van der Waals surface area contributed by atoms with Gasteiger partial charge in [-0.2, -0.15) is 0 Å². The van der Waals surface area contributed by atoms with Gasteiger partial charge < -0.3 is 10.1 Å². The summed E-state index contributed by atoms with van der Waals surface area (Å²) < 4.78 is 5.07. The van der Waals surface area contributed by atoms with E-state index in [-0.39, 0.29) is 11.4 Å². The molecule has 8 heteroatoms. The van der Waals surface area contributed by atoms with Crippen molar-refractivity contribution in [2.45, 2.75) is 6.04 Å². The van der Waals surface area contributed by atoms with Crippen LogP contribution in [-0.4, -0.2) is 23.1 Å². The Bertz CT molecular complexity index is 806. The molecule has 4 N–H and O–H groups in total. The lowest BCUT2D eigenvalue weighted by Gasteiger charge is -2.26. The van der Waals surface area contributed by atoms with Gasteiger partial charge in [0.05, 0.1) is 18.7 Å². The summed E-state index contributed by atoms with van der Waals surface area (Å²) in [7, 11) is 1.55. The molecule has 0 fully saturated rings. The smallest absolute Gasteiger partial charge is 0.327 e. The van der Waals surface area contributed by atoms with Gasteiger partial charge in [0.15, 0.2) is 0 Å². The van der Waals surface area contributed by atoms with Gasteiger partial charge in [-0.25, -0.2) is 9.59 Å².